The minimum Gasteiger partial charge on any atom is -0.172 e. The van der Waals surface area contributed by atoms with Gasteiger partial charge in [0.2, 0.25) is 0 Å². The van der Waals surface area contributed by atoms with E-state index in [2.05, 4.69) is 57.6 Å². The molecule has 104 valence electrons. The molecule has 0 unspecified atom stereocenters. The van der Waals surface area contributed by atoms with E-state index in [1.807, 2.05) is 0 Å². The molecule has 3 aromatic heterocycles. The van der Waals surface area contributed by atoms with Gasteiger partial charge in [0.05, 0.1) is 11.7 Å². The van der Waals surface area contributed by atoms with Crippen molar-refractivity contribution in [2.75, 3.05) is 0 Å². The fraction of sp³-hybridized carbons (Fsp3) is 0.125. The minimum atomic E-state index is 1.02. The summed E-state index contributed by atoms with van der Waals surface area (Å²) in [7, 11) is 0. The Balaban J connectivity index is 2.01. The van der Waals surface area contributed by atoms with Crippen molar-refractivity contribution in [1.82, 2.24) is 8.75 Å². The summed E-state index contributed by atoms with van der Waals surface area (Å²) in [4.78, 5) is 2.59. The van der Waals surface area contributed by atoms with Crippen LogP contribution in [-0.4, -0.2) is 8.75 Å². The average Bonchev–Trinajstić information content (AvgIpc) is 3.18. The third-order valence-electron chi connectivity index (χ3n) is 3.63. The molecule has 0 aliphatic carbocycles. The number of benzene rings is 1. The summed E-state index contributed by atoms with van der Waals surface area (Å²) >= 11 is 4.83. The fourth-order valence-corrected chi connectivity index (χ4v) is 5.01. The van der Waals surface area contributed by atoms with Crippen LogP contribution in [0.4, 0.5) is 0 Å². The molecule has 0 radical (unpaired) electrons. The highest BCUT2D eigenvalue weighted by Crippen LogP contribution is 2.40. The van der Waals surface area contributed by atoms with E-state index in [9.17, 15) is 0 Å². The molecule has 0 aliphatic heterocycles. The molecule has 0 atom stereocenters. The molecule has 0 aliphatic rings. The second-order valence-electron chi connectivity index (χ2n) is 4.99. The zero-order valence-corrected chi connectivity index (χ0v) is 14.0. The predicted octanol–water partition coefficient (Wildman–Crippen LogP) is 5.77. The van der Waals surface area contributed by atoms with E-state index in [4.69, 9.17) is 0 Å². The molecule has 21 heavy (non-hydrogen) atoms. The van der Waals surface area contributed by atoms with Gasteiger partial charge in [-0.25, -0.2) is 0 Å². The number of aryl methyl sites for hydroxylation is 2. The van der Waals surface area contributed by atoms with Crippen molar-refractivity contribution in [3.63, 3.8) is 0 Å². The molecule has 4 aromatic rings. The molecule has 0 bridgehead atoms. The van der Waals surface area contributed by atoms with Crippen molar-refractivity contribution in [1.29, 1.82) is 0 Å². The zero-order chi connectivity index (χ0) is 14.4. The van der Waals surface area contributed by atoms with E-state index >= 15 is 0 Å². The van der Waals surface area contributed by atoms with Crippen molar-refractivity contribution in [3.05, 3.63) is 46.2 Å². The van der Waals surface area contributed by atoms with Crippen molar-refractivity contribution in [2.45, 2.75) is 13.8 Å². The summed E-state index contributed by atoms with van der Waals surface area (Å²) in [6, 6.07) is 8.69. The maximum atomic E-state index is 4.56. The lowest BCUT2D eigenvalue weighted by Gasteiger charge is -2.05. The van der Waals surface area contributed by atoms with Gasteiger partial charge in [-0.05, 0) is 47.9 Å². The van der Waals surface area contributed by atoms with Crippen molar-refractivity contribution < 1.29 is 0 Å². The van der Waals surface area contributed by atoms with E-state index in [-0.39, 0.29) is 0 Å². The molecule has 5 heteroatoms. The van der Waals surface area contributed by atoms with Gasteiger partial charge in [-0.2, -0.15) is 8.75 Å². The lowest BCUT2D eigenvalue weighted by molar-refractivity contribution is 1.52. The molecule has 0 amide bonds. The lowest BCUT2D eigenvalue weighted by atomic mass is 10.0. The van der Waals surface area contributed by atoms with Gasteiger partial charge in [-0.1, -0.05) is 12.1 Å². The zero-order valence-electron chi connectivity index (χ0n) is 11.6. The highest BCUT2D eigenvalue weighted by Gasteiger charge is 2.16. The van der Waals surface area contributed by atoms with Crippen LogP contribution in [0.2, 0.25) is 0 Å². The smallest absolute Gasteiger partial charge is 0.114 e. The molecule has 2 nitrogen and oxygen atoms in total. The van der Waals surface area contributed by atoms with Crippen LogP contribution in [0.5, 0.6) is 0 Å². The van der Waals surface area contributed by atoms with Gasteiger partial charge >= 0.3 is 0 Å². The largest absolute Gasteiger partial charge is 0.172 e. The quantitative estimate of drug-likeness (QED) is 0.467. The number of hydrogen-bond acceptors (Lipinski definition) is 5. The molecule has 0 saturated heterocycles. The molecule has 1 aromatic carbocycles. The first-order valence-corrected chi connectivity index (χ1v) is 9.09. The van der Waals surface area contributed by atoms with E-state index in [1.165, 1.54) is 43.7 Å². The van der Waals surface area contributed by atoms with E-state index in [0.717, 1.165) is 11.0 Å². The van der Waals surface area contributed by atoms with Crippen LogP contribution >= 0.6 is 34.4 Å². The van der Waals surface area contributed by atoms with Crippen LogP contribution in [0.1, 0.15) is 11.1 Å². The second kappa shape index (κ2) is 5.02. The Morgan fingerprint density at radius 2 is 1.19 bits per heavy atom. The standard InChI is InChI=1S/C16H12N2S3/c1-9-5-7-19-15(9)11-3-4-12(14-13(11)17-21-18-14)16-10(2)6-8-20-16/h3-8H,1-2H3. The maximum Gasteiger partial charge on any atom is 0.114 e. The van der Waals surface area contributed by atoms with E-state index < -0.39 is 0 Å². The summed E-state index contributed by atoms with van der Waals surface area (Å²) in [6.07, 6.45) is 0. The Kier molecular flexibility index (Phi) is 3.14. The first-order chi connectivity index (χ1) is 10.3. The number of fused-ring (bicyclic) bond motifs is 1. The Morgan fingerprint density at radius 1 is 0.714 bits per heavy atom. The Bertz CT molecular complexity index is 856. The molecule has 0 N–H and O–H groups in total. The van der Waals surface area contributed by atoms with Crippen LogP contribution in [-0.2, 0) is 0 Å². The molecular weight excluding hydrogens is 316 g/mol. The first-order valence-electron chi connectivity index (χ1n) is 6.60. The highest BCUT2D eigenvalue weighted by molar-refractivity contribution is 7.14. The van der Waals surface area contributed by atoms with Gasteiger partial charge in [0.1, 0.15) is 11.0 Å². The third-order valence-corrected chi connectivity index (χ3v) is 6.26. The molecule has 4 rings (SSSR count). The predicted molar refractivity (Wildman–Crippen MR) is 93.5 cm³/mol. The summed E-state index contributed by atoms with van der Waals surface area (Å²) in [6.45, 7) is 4.30. The van der Waals surface area contributed by atoms with Gasteiger partial charge in [0.15, 0.2) is 0 Å². The summed E-state index contributed by atoms with van der Waals surface area (Å²) < 4.78 is 9.12. The van der Waals surface area contributed by atoms with Crippen LogP contribution in [0.15, 0.2) is 35.0 Å². The number of aromatic nitrogens is 2. The van der Waals surface area contributed by atoms with Gasteiger partial charge in [-0.3, -0.25) is 0 Å². The molecule has 3 heterocycles. The average molecular weight is 328 g/mol. The SMILES string of the molecule is Cc1ccsc1-c1ccc(-c2sccc2C)c2nsnc12. The van der Waals surface area contributed by atoms with E-state index in [1.54, 1.807) is 22.7 Å². The van der Waals surface area contributed by atoms with E-state index in [0.29, 0.717) is 0 Å². The number of thiophene rings is 2. The highest BCUT2D eigenvalue weighted by atomic mass is 32.1. The van der Waals surface area contributed by atoms with Crippen LogP contribution in [0, 0.1) is 13.8 Å². The number of nitrogens with zero attached hydrogens (tertiary/aromatic N) is 2. The molecule has 0 spiro atoms. The van der Waals surface area contributed by atoms with Gasteiger partial charge < -0.3 is 0 Å². The summed E-state index contributed by atoms with van der Waals surface area (Å²) in [5.41, 5.74) is 7.05. The lowest BCUT2D eigenvalue weighted by Crippen LogP contribution is -1.84. The second-order valence-corrected chi connectivity index (χ2v) is 7.35. The van der Waals surface area contributed by atoms with Crippen LogP contribution in [0.3, 0.4) is 0 Å². The molecular formula is C16H12N2S3. The monoisotopic (exact) mass is 328 g/mol. The topological polar surface area (TPSA) is 25.8 Å². The molecule has 0 saturated carbocycles. The van der Waals surface area contributed by atoms with Gasteiger partial charge in [0, 0.05) is 20.9 Å². The fourth-order valence-electron chi connectivity index (χ4n) is 2.53. The molecule has 0 fully saturated rings. The Hall–Kier alpha value is -1.56. The van der Waals surface area contributed by atoms with Crippen molar-refractivity contribution in [2.24, 2.45) is 0 Å². The third kappa shape index (κ3) is 2.04. The summed E-state index contributed by atoms with van der Waals surface area (Å²) in [5.74, 6) is 0. The van der Waals surface area contributed by atoms with Crippen LogP contribution in [0.25, 0.3) is 31.9 Å². The normalized spacial score (nSPS) is 11.3. The first kappa shape index (κ1) is 13.1. The number of rotatable bonds is 2. The van der Waals surface area contributed by atoms with Gasteiger partial charge in [-0.15, -0.1) is 22.7 Å². The Morgan fingerprint density at radius 3 is 1.57 bits per heavy atom. The van der Waals surface area contributed by atoms with Crippen molar-refractivity contribution in [3.8, 4) is 20.9 Å². The number of hydrogen-bond donors (Lipinski definition) is 0. The maximum absolute atomic E-state index is 4.56. The van der Waals surface area contributed by atoms with Gasteiger partial charge in [0.25, 0.3) is 0 Å². The summed E-state index contributed by atoms with van der Waals surface area (Å²) in [5, 5.41) is 4.27. The Labute approximate surface area is 135 Å². The van der Waals surface area contributed by atoms with Crippen molar-refractivity contribution >= 4 is 45.4 Å². The minimum absolute atomic E-state index is 1.02. The van der Waals surface area contributed by atoms with Crippen LogP contribution < -0.4 is 0 Å².